The molecule has 2 aromatic rings. The fraction of sp³-hybridized carbons (Fsp3) is 0.435. The van der Waals surface area contributed by atoms with E-state index in [4.69, 9.17) is 0 Å². The maximum absolute atomic E-state index is 13.2. The third-order valence-corrected chi connectivity index (χ3v) is 8.73. The number of hydrogen-bond acceptors (Lipinski definition) is 5. The summed E-state index contributed by atoms with van der Waals surface area (Å²) in [6.45, 7) is 3.48. The van der Waals surface area contributed by atoms with Crippen molar-refractivity contribution in [2.45, 2.75) is 24.3 Å². The average molecular weight is 478 g/mol. The Morgan fingerprint density at radius 1 is 1.09 bits per heavy atom. The van der Waals surface area contributed by atoms with Crippen LogP contribution in [0.25, 0.3) is 0 Å². The van der Waals surface area contributed by atoms with Crippen molar-refractivity contribution in [3.05, 3.63) is 59.9 Å². The Hall–Kier alpha value is -1.94. The summed E-state index contributed by atoms with van der Waals surface area (Å²) in [5, 5.41) is 2.98. The number of nitrogens with zero attached hydrogens (tertiary/aromatic N) is 2. The van der Waals surface area contributed by atoms with Crippen molar-refractivity contribution in [3.8, 4) is 0 Å². The molecule has 1 atom stereocenters. The first kappa shape index (κ1) is 23.2. The molecule has 6 nitrogen and oxygen atoms in total. The molecule has 0 aliphatic carbocycles. The van der Waals surface area contributed by atoms with Crippen LogP contribution in [-0.2, 0) is 21.4 Å². The summed E-state index contributed by atoms with van der Waals surface area (Å²) in [6, 6.07) is 12.7. The number of nitrogens with one attached hydrogen (secondary N) is 1. The van der Waals surface area contributed by atoms with Gasteiger partial charge in [0.05, 0.1) is 10.8 Å². The maximum atomic E-state index is 13.2. The normalized spacial score (nSPS) is 20.7. The molecule has 1 amide bonds. The lowest BCUT2D eigenvalue weighted by Crippen LogP contribution is -2.43. The van der Waals surface area contributed by atoms with E-state index in [1.54, 1.807) is 0 Å². The minimum Gasteiger partial charge on any atom is -0.326 e. The van der Waals surface area contributed by atoms with Gasteiger partial charge in [0.25, 0.3) is 0 Å². The van der Waals surface area contributed by atoms with Crippen molar-refractivity contribution in [2.24, 2.45) is 5.92 Å². The van der Waals surface area contributed by atoms with Crippen molar-refractivity contribution in [2.75, 3.05) is 43.0 Å². The molecule has 2 heterocycles. The zero-order valence-electron chi connectivity index (χ0n) is 17.9. The molecule has 0 bridgehead atoms. The predicted molar refractivity (Wildman–Crippen MR) is 126 cm³/mol. The van der Waals surface area contributed by atoms with Crippen LogP contribution in [0.3, 0.4) is 0 Å². The Bertz CT molecular complexity index is 1040. The first-order chi connectivity index (χ1) is 15.4. The summed E-state index contributed by atoms with van der Waals surface area (Å²) in [5.41, 5.74) is 1.89. The van der Waals surface area contributed by atoms with Gasteiger partial charge in [-0.3, -0.25) is 9.69 Å². The van der Waals surface area contributed by atoms with Crippen molar-refractivity contribution in [1.82, 2.24) is 9.21 Å². The summed E-state index contributed by atoms with van der Waals surface area (Å²) in [5.74, 6) is 1.21. The van der Waals surface area contributed by atoms with Gasteiger partial charge in [0.1, 0.15) is 5.82 Å². The van der Waals surface area contributed by atoms with Gasteiger partial charge in [-0.05, 0) is 54.8 Å². The van der Waals surface area contributed by atoms with Gasteiger partial charge in [-0.1, -0.05) is 12.1 Å². The fourth-order valence-corrected chi connectivity index (χ4v) is 6.64. The second kappa shape index (κ2) is 10.3. The van der Waals surface area contributed by atoms with Crippen molar-refractivity contribution < 1.29 is 17.6 Å². The average Bonchev–Trinajstić information content (AvgIpc) is 2.80. The topological polar surface area (TPSA) is 69.7 Å². The highest BCUT2D eigenvalue weighted by molar-refractivity contribution is 7.99. The van der Waals surface area contributed by atoms with Crippen LogP contribution in [0.1, 0.15) is 18.4 Å². The molecule has 2 aromatic carbocycles. The standard InChI is InChI=1S/C23H28FN3O3S2/c24-20-6-8-22(9-7-20)32(29,30)27-10-2-4-19(17-27)23(28)25-21-5-1-3-18(15-21)16-26-11-13-31-14-12-26/h1,3,5-9,15,19H,2,4,10-14,16-17H2,(H,25,28). The maximum Gasteiger partial charge on any atom is 0.243 e. The van der Waals surface area contributed by atoms with Crippen LogP contribution in [0, 0.1) is 11.7 Å². The quantitative estimate of drug-likeness (QED) is 0.691. The monoisotopic (exact) mass is 477 g/mol. The number of carbonyl (C=O) groups is 1. The molecule has 0 spiro atoms. The van der Waals surface area contributed by atoms with Crippen LogP contribution < -0.4 is 5.32 Å². The van der Waals surface area contributed by atoms with Gasteiger partial charge in [0.2, 0.25) is 15.9 Å². The number of piperidine rings is 1. The lowest BCUT2D eigenvalue weighted by atomic mass is 9.98. The number of anilines is 1. The van der Waals surface area contributed by atoms with Crippen LogP contribution in [0.5, 0.6) is 0 Å². The fourth-order valence-electron chi connectivity index (χ4n) is 4.14. The zero-order valence-corrected chi connectivity index (χ0v) is 19.5. The zero-order chi connectivity index (χ0) is 22.6. The Morgan fingerprint density at radius 3 is 2.59 bits per heavy atom. The molecule has 32 heavy (non-hydrogen) atoms. The number of sulfonamides is 1. The number of halogens is 1. The van der Waals surface area contributed by atoms with Gasteiger partial charge in [0.15, 0.2) is 0 Å². The second-order valence-corrected chi connectivity index (χ2v) is 11.4. The molecule has 0 radical (unpaired) electrons. The molecule has 1 N–H and O–H groups in total. The third kappa shape index (κ3) is 5.70. The largest absolute Gasteiger partial charge is 0.326 e. The first-order valence-electron chi connectivity index (χ1n) is 10.9. The second-order valence-electron chi connectivity index (χ2n) is 8.23. The Kier molecular flexibility index (Phi) is 7.50. The van der Waals surface area contributed by atoms with Crippen molar-refractivity contribution in [3.63, 3.8) is 0 Å². The van der Waals surface area contributed by atoms with Gasteiger partial charge in [-0.2, -0.15) is 16.1 Å². The summed E-state index contributed by atoms with van der Waals surface area (Å²) in [7, 11) is -3.76. The number of benzene rings is 2. The molecule has 2 fully saturated rings. The molecule has 2 aliphatic rings. The molecule has 2 aliphatic heterocycles. The van der Waals surface area contributed by atoms with E-state index in [1.807, 2.05) is 30.0 Å². The number of carbonyl (C=O) groups excluding carboxylic acids is 1. The van der Waals surface area contributed by atoms with Gasteiger partial charge < -0.3 is 5.32 Å². The molecule has 2 saturated heterocycles. The van der Waals surface area contributed by atoms with E-state index in [9.17, 15) is 17.6 Å². The van der Waals surface area contributed by atoms with Crippen LogP contribution >= 0.6 is 11.8 Å². The molecule has 9 heteroatoms. The number of amides is 1. The van der Waals surface area contributed by atoms with E-state index in [2.05, 4.69) is 16.3 Å². The third-order valence-electron chi connectivity index (χ3n) is 5.91. The van der Waals surface area contributed by atoms with E-state index in [-0.39, 0.29) is 17.3 Å². The first-order valence-corrected chi connectivity index (χ1v) is 13.5. The highest BCUT2D eigenvalue weighted by atomic mass is 32.2. The Morgan fingerprint density at radius 2 is 1.84 bits per heavy atom. The predicted octanol–water partition coefficient (Wildman–Crippen LogP) is 3.41. The van der Waals surface area contributed by atoms with E-state index in [0.29, 0.717) is 19.4 Å². The number of rotatable bonds is 6. The molecular weight excluding hydrogens is 449 g/mol. The van der Waals surface area contributed by atoms with Gasteiger partial charge in [-0.25, -0.2) is 12.8 Å². The van der Waals surface area contributed by atoms with Crippen LogP contribution in [0.4, 0.5) is 10.1 Å². The molecular formula is C23H28FN3O3S2. The molecule has 0 saturated carbocycles. The summed E-state index contributed by atoms with van der Waals surface area (Å²) in [6.07, 6.45) is 1.23. The summed E-state index contributed by atoms with van der Waals surface area (Å²) in [4.78, 5) is 15.4. The Labute approximate surface area is 193 Å². The van der Waals surface area contributed by atoms with E-state index >= 15 is 0 Å². The number of hydrogen-bond donors (Lipinski definition) is 1. The smallest absolute Gasteiger partial charge is 0.243 e. The van der Waals surface area contributed by atoms with E-state index in [0.717, 1.165) is 54.5 Å². The lowest BCUT2D eigenvalue weighted by molar-refractivity contribution is -0.120. The van der Waals surface area contributed by atoms with Gasteiger partial charge >= 0.3 is 0 Å². The van der Waals surface area contributed by atoms with Crippen LogP contribution in [0.15, 0.2) is 53.4 Å². The van der Waals surface area contributed by atoms with E-state index < -0.39 is 21.8 Å². The van der Waals surface area contributed by atoms with Gasteiger partial charge in [-0.15, -0.1) is 0 Å². The van der Waals surface area contributed by atoms with Crippen molar-refractivity contribution in [1.29, 1.82) is 0 Å². The minimum atomic E-state index is -3.76. The lowest BCUT2D eigenvalue weighted by Gasteiger charge is -2.31. The SMILES string of the molecule is O=C(Nc1cccc(CN2CCSCC2)c1)C1CCCN(S(=O)(=O)c2ccc(F)cc2)C1. The number of thioether (sulfide) groups is 1. The molecule has 0 aromatic heterocycles. The summed E-state index contributed by atoms with van der Waals surface area (Å²) < 4.78 is 40.4. The van der Waals surface area contributed by atoms with Crippen LogP contribution in [-0.4, -0.2) is 61.2 Å². The molecule has 1 unspecified atom stereocenters. The summed E-state index contributed by atoms with van der Waals surface area (Å²) >= 11 is 1.98. The highest BCUT2D eigenvalue weighted by Gasteiger charge is 2.33. The van der Waals surface area contributed by atoms with Crippen LogP contribution in [0.2, 0.25) is 0 Å². The minimum absolute atomic E-state index is 0.0452. The molecule has 4 rings (SSSR count). The highest BCUT2D eigenvalue weighted by Crippen LogP contribution is 2.25. The van der Waals surface area contributed by atoms with Gasteiger partial charge in [0, 0.05) is 49.9 Å². The van der Waals surface area contributed by atoms with Crippen molar-refractivity contribution >= 4 is 33.4 Å². The molecule has 172 valence electrons. The Balaban J connectivity index is 1.39. The van der Waals surface area contributed by atoms with E-state index in [1.165, 1.54) is 16.4 Å².